The first-order valence-electron chi connectivity index (χ1n) is 35.1. The van der Waals surface area contributed by atoms with E-state index >= 15 is 0 Å². The molecule has 8 nitrogen and oxygen atoms in total. The summed E-state index contributed by atoms with van der Waals surface area (Å²) in [4.78, 5) is 25.6. The molecule has 0 saturated carbocycles. The number of unbranched alkanes of at least 4 members (excludes halogenated alkanes) is 42. The minimum atomic E-state index is -4.58. The Balaban J connectivity index is 3.92. The summed E-state index contributed by atoms with van der Waals surface area (Å²) < 4.78 is 23.5. The zero-order valence-electron chi connectivity index (χ0n) is 54.5. The molecule has 1 amide bonds. The van der Waals surface area contributed by atoms with Gasteiger partial charge in [0.25, 0.3) is 7.82 Å². The van der Waals surface area contributed by atoms with Crippen molar-refractivity contribution in [1.82, 2.24) is 5.32 Å². The van der Waals surface area contributed by atoms with E-state index in [9.17, 15) is 19.4 Å². The summed E-state index contributed by atoms with van der Waals surface area (Å²) in [6.45, 7) is 4.65. The molecule has 3 unspecified atom stereocenters. The highest BCUT2D eigenvalue weighted by Gasteiger charge is 2.24. The molecule has 9 heteroatoms. The van der Waals surface area contributed by atoms with Crippen molar-refractivity contribution in [2.45, 2.75) is 353 Å². The molecule has 0 aromatic heterocycles. The third-order valence-electron chi connectivity index (χ3n) is 16.0. The molecule has 0 saturated heterocycles. The third kappa shape index (κ3) is 65.6. The van der Waals surface area contributed by atoms with Crippen LogP contribution in [0.1, 0.15) is 341 Å². The SMILES string of the molecule is CC/C=C\C/C=C\C/C=C\C/C=C\C/C=C\CCCCCCCCCCCCCCCCCCCCCCCCCC(=O)NC(COP(=O)([O-])OCC[N+](C)(C)C)C(O)CCCCCCCCCCCCCCCCCCCCCC. The van der Waals surface area contributed by atoms with Crippen LogP contribution in [0.2, 0.25) is 0 Å². The van der Waals surface area contributed by atoms with Gasteiger partial charge in [0.2, 0.25) is 5.91 Å². The fraction of sp³-hybridized carbons (Fsp3) is 0.847. The first-order chi connectivity index (χ1) is 39.5. The number of nitrogens with zero attached hydrogens (tertiary/aromatic N) is 1. The zero-order chi connectivity index (χ0) is 59.1. The maximum absolute atomic E-state index is 13.1. The molecule has 0 spiro atoms. The average Bonchev–Trinajstić information content (AvgIpc) is 3.43. The van der Waals surface area contributed by atoms with Gasteiger partial charge in [0.1, 0.15) is 13.2 Å². The van der Waals surface area contributed by atoms with Gasteiger partial charge in [-0.3, -0.25) is 9.36 Å². The van der Waals surface area contributed by atoms with Gasteiger partial charge in [0, 0.05) is 6.42 Å². The number of carbonyl (C=O) groups is 1. The van der Waals surface area contributed by atoms with E-state index in [1.54, 1.807) is 0 Å². The lowest BCUT2D eigenvalue weighted by atomic mass is 10.0. The Morgan fingerprint density at radius 1 is 0.444 bits per heavy atom. The van der Waals surface area contributed by atoms with E-state index in [0.29, 0.717) is 23.9 Å². The summed E-state index contributed by atoms with van der Waals surface area (Å²) in [5.41, 5.74) is 0. The molecule has 0 aromatic rings. The number of hydrogen-bond donors (Lipinski definition) is 2. The highest BCUT2D eigenvalue weighted by Crippen LogP contribution is 2.38. The van der Waals surface area contributed by atoms with E-state index < -0.39 is 20.0 Å². The van der Waals surface area contributed by atoms with Crippen molar-refractivity contribution in [2.75, 3.05) is 40.9 Å². The zero-order valence-corrected chi connectivity index (χ0v) is 55.4. The summed E-state index contributed by atoms with van der Waals surface area (Å²) in [7, 11) is 1.32. The maximum atomic E-state index is 13.1. The molecule has 0 rings (SSSR count). The van der Waals surface area contributed by atoms with Crippen molar-refractivity contribution in [2.24, 2.45) is 0 Å². The molecule has 0 radical (unpaired) electrons. The van der Waals surface area contributed by atoms with Gasteiger partial charge in [0.15, 0.2) is 0 Å². The molecule has 0 aliphatic rings. The van der Waals surface area contributed by atoms with Gasteiger partial charge in [0.05, 0.1) is 39.9 Å². The molecule has 81 heavy (non-hydrogen) atoms. The standard InChI is InChI=1S/C72H137N2O6P/c1-6-8-10-12-14-16-18-20-22-24-26-28-29-30-31-32-33-34-35-36-37-38-39-40-41-42-43-44-45-46-48-50-52-54-56-58-60-62-64-66-72(76)73-70(69-80-81(77,78)79-68-67-74(3,4)5)71(75)65-63-61-59-57-55-53-51-49-47-27-25-23-21-19-17-15-13-11-9-7-2/h8,10,14,16,20,22,26,28,30-31,70-71,75H,6-7,9,11-13,15,17-19,21,23-25,27,29,32-69H2,1-5H3,(H-,73,76,77,78)/b10-8-,16-14-,22-20-,28-26-,31-30-. The molecular weight excluding hydrogens is 1020 g/mol. The summed E-state index contributed by atoms with van der Waals surface area (Å²) in [6.07, 6.45) is 85.9. The number of phosphoric ester groups is 1. The van der Waals surface area contributed by atoms with Crippen LogP contribution >= 0.6 is 7.82 Å². The first-order valence-corrected chi connectivity index (χ1v) is 36.6. The summed E-state index contributed by atoms with van der Waals surface area (Å²) in [5, 5.41) is 14.1. The number of amides is 1. The van der Waals surface area contributed by atoms with E-state index in [4.69, 9.17) is 9.05 Å². The first kappa shape index (κ1) is 79.2. The van der Waals surface area contributed by atoms with Crippen LogP contribution in [-0.4, -0.2) is 68.5 Å². The Hall–Kier alpha value is -1.80. The Morgan fingerprint density at radius 3 is 1.10 bits per heavy atom. The van der Waals surface area contributed by atoms with Crippen LogP contribution in [0.3, 0.4) is 0 Å². The Bertz CT molecular complexity index is 1500. The molecule has 2 N–H and O–H groups in total. The smallest absolute Gasteiger partial charge is 0.268 e. The van der Waals surface area contributed by atoms with Crippen molar-refractivity contribution in [1.29, 1.82) is 0 Å². The minimum absolute atomic E-state index is 0.0138. The molecule has 0 fully saturated rings. The molecule has 0 aliphatic carbocycles. The summed E-state index contributed by atoms with van der Waals surface area (Å²) >= 11 is 0. The molecule has 0 bridgehead atoms. The Labute approximate surface area is 504 Å². The van der Waals surface area contributed by atoms with Crippen LogP contribution in [0.5, 0.6) is 0 Å². The lowest BCUT2D eigenvalue weighted by Gasteiger charge is -2.30. The molecule has 476 valence electrons. The van der Waals surface area contributed by atoms with E-state index in [2.05, 4.69) is 79.9 Å². The lowest BCUT2D eigenvalue weighted by molar-refractivity contribution is -0.870. The number of aliphatic hydroxyl groups excluding tert-OH is 1. The maximum Gasteiger partial charge on any atom is 0.268 e. The van der Waals surface area contributed by atoms with Gasteiger partial charge in [-0.1, -0.05) is 338 Å². The Kier molecular flexibility index (Phi) is 61.3. The molecule has 0 heterocycles. The second-order valence-electron chi connectivity index (χ2n) is 25.2. The van der Waals surface area contributed by atoms with Crippen LogP contribution < -0.4 is 10.2 Å². The van der Waals surface area contributed by atoms with Gasteiger partial charge in [-0.2, -0.15) is 0 Å². The number of hydrogen-bond acceptors (Lipinski definition) is 6. The van der Waals surface area contributed by atoms with Gasteiger partial charge in [-0.15, -0.1) is 0 Å². The van der Waals surface area contributed by atoms with Crippen molar-refractivity contribution in [3.8, 4) is 0 Å². The number of allylic oxidation sites excluding steroid dienone is 10. The van der Waals surface area contributed by atoms with Crippen LogP contribution in [0.25, 0.3) is 0 Å². The lowest BCUT2D eigenvalue weighted by Crippen LogP contribution is -2.46. The van der Waals surface area contributed by atoms with Crippen LogP contribution in [0, 0.1) is 0 Å². The van der Waals surface area contributed by atoms with Gasteiger partial charge >= 0.3 is 0 Å². The number of nitrogens with one attached hydrogen (secondary N) is 1. The molecule has 3 atom stereocenters. The largest absolute Gasteiger partial charge is 0.756 e. The van der Waals surface area contributed by atoms with Crippen LogP contribution in [0.4, 0.5) is 0 Å². The molecule has 0 aromatic carbocycles. The van der Waals surface area contributed by atoms with E-state index in [1.165, 1.54) is 244 Å². The van der Waals surface area contributed by atoms with Crippen molar-refractivity contribution in [3.63, 3.8) is 0 Å². The topological polar surface area (TPSA) is 108 Å². The van der Waals surface area contributed by atoms with Crippen molar-refractivity contribution in [3.05, 3.63) is 60.8 Å². The molecular formula is C72H137N2O6P. The number of carbonyl (C=O) groups excluding carboxylic acids is 1. The van der Waals surface area contributed by atoms with Crippen LogP contribution in [-0.2, 0) is 18.4 Å². The predicted molar refractivity (Wildman–Crippen MR) is 353 cm³/mol. The Morgan fingerprint density at radius 2 is 0.753 bits per heavy atom. The second-order valence-corrected chi connectivity index (χ2v) is 26.6. The number of quaternary nitrogens is 1. The number of phosphoric acid groups is 1. The number of likely N-dealkylation sites (N-methyl/N-ethyl adjacent to an activating group) is 1. The quantitative estimate of drug-likeness (QED) is 0.0272. The highest BCUT2D eigenvalue weighted by molar-refractivity contribution is 7.45. The van der Waals surface area contributed by atoms with Crippen LogP contribution in [0.15, 0.2) is 60.8 Å². The van der Waals surface area contributed by atoms with E-state index in [0.717, 1.165) is 70.6 Å². The normalized spacial score (nSPS) is 14.0. The van der Waals surface area contributed by atoms with Gasteiger partial charge < -0.3 is 28.8 Å². The fourth-order valence-electron chi connectivity index (χ4n) is 10.6. The fourth-order valence-corrected chi connectivity index (χ4v) is 11.3. The van der Waals surface area contributed by atoms with Crippen molar-refractivity contribution >= 4 is 13.7 Å². The molecule has 0 aliphatic heterocycles. The number of aliphatic hydroxyl groups is 1. The van der Waals surface area contributed by atoms with E-state index in [1.807, 2.05) is 21.1 Å². The average molecular weight is 1160 g/mol. The summed E-state index contributed by atoms with van der Waals surface area (Å²) in [6, 6.07) is -0.801. The minimum Gasteiger partial charge on any atom is -0.756 e. The van der Waals surface area contributed by atoms with E-state index in [-0.39, 0.29) is 19.1 Å². The third-order valence-corrected chi connectivity index (χ3v) is 17.0. The predicted octanol–water partition coefficient (Wildman–Crippen LogP) is 21.8. The van der Waals surface area contributed by atoms with Crippen molar-refractivity contribution < 1.29 is 32.9 Å². The van der Waals surface area contributed by atoms with Gasteiger partial charge in [-0.05, 0) is 57.8 Å². The van der Waals surface area contributed by atoms with Gasteiger partial charge in [-0.25, -0.2) is 0 Å². The number of rotatable bonds is 65. The highest BCUT2D eigenvalue weighted by atomic mass is 31.2. The second kappa shape index (κ2) is 62.7. The summed E-state index contributed by atoms with van der Waals surface area (Å²) in [5.74, 6) is -0.158. The monoisotopic (exact) mass is 1160 g/mol.